The summed E-state index contributed by atoms with van der Waals surface area (Å²) < 4.78 is 45.2. The van der Waals surface area contributed by atoms with E-state index in [0.29, 0.717) is 5.75 Å². The molecule has 1 amide bonds. The first-order valence-corrected chi connectivity index (χ1v) is 13.9. The minimum atomic E-state index is -4.04. The van der Waals surface area contributed by atoms with Crippen LogP contribution in [0.4, 0.5) is 4.79 Å². The van der Waals surface area contributed by atoms with E-state index < -0.39 is 33.2 Å². The number of carbonyl (C=O) groups is 2. The molecule has 1 aliphatic rings. The monoisotopic (exact) mass is 555 g/mol. The summed E-state index contributed by atoms with van der Waals surface area (Å²) in [6, 6.07) is 15.8. The Morgan fingerprint density at radius 2 is 1.74 bits per heavy atom. The number of ether oxygens (including phenoxy) is 3. The van der Waals surface area contributed by atoms with Gasteiger partial charge in [0.2, 0.25) is 10.0 Å². The second kappa shape index (κ2) is 10.8. The molecule has 0 atom stereocenters. The van der Waals surface area contributed by atoms with Crippen molar-refractivity contribution in [2.24, 2.45) is 0 Å². The Morgan fingerprint density at radius 1 is 1.08 bits per heavy atom. The van der Waals surface area contributed by atoms with Crippen LogP contribution in [-0.2, 0) is 30.9 Å². The van der Waals surface area contributed by atoms with Gasteiger partial charge in [0.25, 0.3) is 0 Å². The third kappa shape index (κ3) is 6.85. The maximum atomic E-state index is 13.2. The molecule has 0 saturated carbocycles. The number of likely N-dealkylation sites (tertiary alicyclic amines) is 1. The van der Waals surface area contributed by atoms with Crippen LogP contribution in [0, 0.1) is 6.92 Å². The number of methoxy groups -OCH3 is 1. The van der Waals surface area contributed by atoms with Crippen LogP contribution in [0.3, 0.4) is 0 Å². The topological polar surface area (TPSA) is 124 Å². The Morgan fingerprint density at radius 3 is 2.38 bits per heavy atom. The van der Waals surface area contributed by atoms with Crippen LogP contribution >= 0.6 is 0 Å². The maximum absolute atomic E-state index is 13.2. The van der Waals surface area contributed by atoms with Crippen molar-refractivity contribution in [2.45, 2.75) is 56.8 Å². The standard InChI is InChI=1S/C28H33N3O7S/c1-19-14-20(23-8-6-7-9-24(23)29-19)16-37-21-10-12-22(13-11-21)39(34,35)30-28(15-25(32)36-5)17-31(18-28)26(33)38-27(2,3)4/h6-14,30H,15-18H2,1-5H3. The molecule has 39 heavy (non-hydrogen) atoms. The first kappa shape index (κ1) is 28.3. The molecule has 11 heteroatoms. The summed E-state index contributed by atoms with van der Waals surface area (Å²) in [7, 11) is -2.81. The third-order valence-corrected chi connectivity index (χ3v) is 7.75. The highest BCUT2D eigenvalue weighted by atomic mass is 32.2. The molecule has 208 valence electrons. The van der Waals surface area contributed by atoms with E-state index in [1.54, 1.807) is 32.9 Å². The highest BCUT2D eigenvalue weighted by molar-refractivity contribution is 7.89. The molecular formula is C28H33N3O7S. The van der Waals surface area contributed by atoms with Crippen LogP contribution in [0.25, 0.3) is 10.9 Å². The zero-order chi connectivity index (χ0) is 28.4. The number of hydrogen-bond donors (Lipinski definition) is 1. The van der Waals surface area contributed by atoms with Crippen LogP contribution in [0.1, 0.15) is 38.4 Å². The lowest BCUT2D eigenvalue weighted by atomic mass is 9.88. The number of nitrogens with one attached hydrogen (secondary N) is 1. The quantitative estimate of drug-likeness (QED) is 0.415. The molecule has 0 aliphatic carbocycles. The first-order chi connectivity index (χ1) is 18.3. The maximum Gasteiger partial charge on any atom is 0.410 e. The number of aryl methyl sites for hydroxylation is 1. The van der Waals surface area contributed by atoms with Gasteiger partial charge in [0, 0.05) is 29.7 Å². The number of aromatic nitrogens is 1. The molecule has 1 aromatic heterocycles. The van der Waals surface area contributed by atoms with Gasteiger partial charge in [-0.05, 0) is 64.1 Å². The van der Waals surface area contributed by atoms with Gasteiger partial charge in [-0.3, -0.25) is 9.78 Å². The van der Waals surface area contributed by atoms with Crippen molar-refractivity contribution in [1.82, 2.24) is 14.6 Å². The van der Waals surface area contributed by atoms with Crippen LogP contribution in [0.5, 0.6) is 5.75 Å². The summed E-state index contributed by atoms with van der Waals surface area (Å²) >= 11 is 0. The van der Waals surface area contributed by atoms with Gasteiger partial charge in [-0.15, -0.1) is 0 Å². The van der Waals surface area contributed by atoms with Gasteiger partial charge in [0.1, 0.15) is 18.0 Å². The molecule has 1 N–H and O–H groups in total. The fraction of sp³-hybridized carbons (Fsp3) is 0.393. The van der Waals surface area contributed by atoms with E-state index in [2.05, 4.69) is 9.71 Å². The van der Waals surface area contributed by atoms with Crippen molar-refractivity contribution in [1.29, 1.82) is 0 Å². The molecule has 1 fully saturated rings. The molecule has 0 unspecified atom stereocenters. The Hall–Kier alpha value is -3.70. The molecule has 10 nitrogen and oxygen atoms in total. The molecule has 3 aromatic rings. The second-order valence-corrected chi connectivity index (χ2v) is 12.4. The van der Waals surface area contributed by atoms with Gasteiger partial charge in [0.05, 0.1) is 29.5 Å². The summed E-state index contributed by atoms with van der Waals surface area (Å²) in [5, 5.41) is 0.989. The number of hydrogen-bond acceptors (Lipinski definition) is 8. The van der Waals surface area contributed by atoms with Gasteiger partial charge in [-0.25, -0.2) is 17.9 Å². The van der Waals surface area contributed by atoms with E-state index in [-0.39, 0.29) is 31.0 Å². The average molecular weight is 556 g/mol. The van der Waals surface area contributed by atoms with E-state index in [4.69, 9.17) is 14.2 Å². The van der Waals surface area contributed by atoms with Gasteiger partial charge >= 0.3 is 12.1 Å². The second-order valence-electron chi connectivity index (χ2n) is 10.7. The van der Waals surface area contributed by atoms with Crippen LogP contribution < -0.4 is 9.46 Å². The zero-order valence-corrected chi connectivity index (χ0v) is 23.5. The summed E-state index contributed by atoms with van der Waals surface area (Å²) in [4.78, 5) is 30.4. The summed E-state index contributed by atoms with van der Waals surface area (Å²) in [5.41, 5.74) is 0.816. The average Bonchev–Trinajstić information content (AvgIpc) is 2.84. The molecule has 0 bridgehead atoms. The normalized spacial score (nSPS) is 14.9. The van der Waals surface area contributed by atoms with E-state index in [1.807, 2.05) is 37.3 Å². The van der Waals surface area contributed by atoms with Crippen LogP contribution in [-0.4, -0.2) is 61.7 Å². The van der Waals surface area contributed by atoms with Crippen LogP contribution in [0.15, 0.2) is 59.5 Å². The minimum absolute atomic E-state index is 0.0000132. The Kier molecular flexibility index (Phi) is 7.85. The number of nitrogens with zero attached hydrogens (tertiary/aromatic N) is 2. The largest absolute Gasteiger partial charge is 0.489 e. The lowest BCUT2D eigenvalue weighted by Crippen LogP contribution is -2.72. The number of para-hydroxylation sites is 1. The fourth-order valence-electron chi connectivity index (χ4n) is 4.44. The molecule has 4 rings (SSSR count). The van der Waals surface area contributed by atoms with Gasteiger partial charge in [0.15, 0.2) is 0 Å². The van der Waals surface area contributed by atoms with E-state index in [1.165, 1.54) is 24.1 Å². The number of esters is 1. The van der Waals surface area contributed by atoms with Crippen molar-refractivity contribution >= 4 is 33.0 Å². The molecule has 0 spiro atoms. The number of benzene rings is 2. The highest BCUT2D eigenvalue weighted by Gasteiger charge is 2.50. The molecular weight excluding hydrogens is 522 g/mol. The number of amides is 1. The number of rotatable bonds is 8. The SMILES string of the molecule is COC(=O)CC1(NS(=O)(=O)c2ccc(OCc3cc(C)nc4ccccc34)cc2)CN(C(=O)OC(C)(C)C)C1. The third-order valence-electron chi connectivity index (χ3n) is 6.16. The van der Waals surface area contributed by atoms with Gasteiger partial charge in [-0.1, -0.05) is 18.2 Å². The molecule has 2 aromatic carbocycles. The van der Waals surface area contributed by atoms with E-state index >= 15 is 0 Å². The van der Waals surface area contributed by atoms with Crippen molar-refractivity contribution in [3.63, 3.8) is 0 Å². The number of pyridine rings is 1. The molecule has 1 saturated heterocycles. The van der Waals surface area contributed by atoms with E-state index in [9.17, 15) is 18.0 Å². The Balaban J connectivity index is 1.45. The van der Waals surface area contributed by atoms with Crippen molar-refractivity contribution in [3.8, 4) is 5.75 Å². The lowest BCUT2D eigenvalue weighted by Gasteiger charge is -2.49. The zero-order valence-electron chi connectivity index (χ0n) is 22.7. The Bertz CT molecular complexity index is 1480. The van der Waals surface area contributed by atoms with Crippen molar-refractivity contribution < 1.29 is 32.2 Å². The summed E-state index contributed by atoms with van der Waals surface area (Å²) in [6.45, 7) is 7.36. The number of fused-ring (bicyclic) bond motifs is 1. The van der Waals surface area contributed by atoms with Crippen LogP contribution in [0.2, 0.25) is 0 Å². The number of sulfonamides is 1. The van der Waals surface area contributed by atoms with E-state index in [0.717, 1.165) is 22.2 Å². The van der Waals surface area contributed by atoms with Gasteiger partial charge in [-0.2, -0.15) is 0 Å². The van der Waals surface area contributed by atoms with Crippen molar-refractivity contribution in [3.05, 3.63) is 65.9 Å². The summed E-state index contributed by atoms with van der Waals surface area (Å²) in [6.07, 6.45) is -0.816. The molecule has 1 aliphatic heterocycles. The number of carbonyl (C=O) groups excluding carboxylic acids is 2. The summed E-state index contributed by atoms with van der Waals surface area (Å²) in [5.74, 6) is -0.0966. The van der Waals surface area contributed by atoms with Crippen molar-refractivity contribution in [2.75, 3.05) is 20.2 Å². The predicted octanol–water partition coefficient (Wildman–Crippen LogP) is 3.95. The minimum Gasteiger partial charge on any atom is -0.489 e. The first-order valence-electron chi connectivity index (χ1n) is 12.5. The smallest absolute Gasteiger partial charge is 0.410 e. The lowest BCUT2D eigenvalue weighted by molar-refractivity contribution is -0.144. The molecule has 0 radical (unpaired) electrons. The molecule has 2 heterocycles. The fourth-order valence-corrected chi connectivity index (χ4v) is 5.82. The highest BCUT2D eigenvalue weighted by Crippen LogP contribution is 2.30. The predicted molar refractivity (Wildman–Crippen MR) is 145 cm³/mol. The van der Waals surface area contributed by atoms with Gasteiger partial charge < -0.3 is 19.1 Å². The Labute approximate surface area is 228 Å².